The third-order valence-electron chi connectivity index (χ3n) is 2.91. The molecular weight excluding hydrogens is 280 g/mol. The van der Waals surface area contributed by atoms with Gasteiger partial charge in [-0.25, -0.2) is 28.2 Å². The van der Waals surface area contributed by atoms with Crippen molar-refractivity contribution in [2.45, 2.75) is 44.8 Å². The molecule has 8 nitrogen and oxygen atoms in total. The summed E-state index contributed by atoms with van der Waals surface area (Å²) in [5.41, 5.74) is 0. The Balaban J connectivity index is 2.37. The maximum absolute atomic E-state index is 11.4. The second-order valence-corrected chi connectivity index (χ2v) is 5.92. The molecule has 2 rings (SSSR count). The standard InChI is InChI=1S/C11H18N6O2S/c1-3-5-9-15-11(20(12,18)19)7-16(9)6-10-13-8-14-17(10)4-2/h7-8H,3-6H2,1-2H3,(H2,12,18,19). The van der Waals surface area contributed by atoms with Gasteiger partial charge in [0, 0.05) is 19.2 Å². The first-order valence-corrected chi connectivity index (χ1v) is 7.95. The fourth-order valence-corrected chi connectivity index (χ4v) is 2.46. The third-order valence-corrected chi connectivity index (χ3v) is 3.69. The van der Waals surface area contributed by atoms with E-state index in [0.717, 1.165) is 12.2 Å². The molecule has 2 N–H and O–H groups in total. The Labute approximate surface area is 117 Å². The number of aryl methyl sites for hydroxylation is 2. The van der Waals surface area contributed by atoms with E-state index in [0.29, 0.717) is 25.3 Å². The van der Waals surface area contributed by atoms with Crippen molar-refractivity contribution in [1.82, 2.24) is 24.3 Å². The minimum atomic E-state index is -3.79. The SMILES string of the molecule is CCCc1nc(S(N)(=O)=O)cn1Cc1ncnn1CC. The van der Waals surface area contributed by atoms with Crippen LogP contribution in [0.4, 0.5) is 0 Å². The van der Waals surface area contributed by atoms with Crippen LogP contribution in [0.5, 0.6) is 0 Å². The smallest absolute Gasteiger partial charge is 0.257 e. The number of aromatic nitrogens is 5. The average Bonchev–Trinajstić information content (AvgIpc) is 2.97. The number of nitrogens with two attached hydrogens (primary N) is 1. The molecular formula is C11H18N6O2S. The lowest BCUT2D eigenvalue weighted by Gasteiger charge is -2.07. The summed E-state index contributed by atoms with van der Waals surface area (Å²) in [4.78, 5) is 8.28. The lowest BCUT2D eigenvalue weighted by Crippen LogP contribution is -2.12. The molecule has 0 aliphatic carbocycles. The fraction of sp³-hybridized carbons (Fsp3) is 0.545. The van der Waals surface area contributed by atoms with E-state index in [2.05, 4.69) is 15.1 Å². The van der Waals surface area contributed by atoms with Crippen LogP contribution in [-0.4, -0.2) is 32.7 Å². The molecule has 2 aromatic heterocycles. The van der Waals surface area contributed by atoms with Gasteiger partial charge in [0.1, 0.15) is 18.0 Å². The summed E-state index contributed by atoms with van der Waals surface area (Å²) < 4.78 is 26.3. The Morgan fingerprint density at radius 3 is 2.65 bits per heavy atom. The maximum atomic E-state index is 11.4. The molecule has 110 valence electrons. The molecule has 0 aliphatic rings. The van der Waals surface area contributed by atoms with Crippen molar-refractivity contribution < 1.29 is 8.42 Å². The zero-order valence-electron chi connectivity index (χ0n) is 11.5. The van der Waals surface area contributed by atoms with Crippen molar-refractivity contribution in [3.05, 3.63) is 24.2 Å². The summed E-state index contributed by atoms with van der Waals surface area (Å²) in [5.74, 6) is 1.44. The number of hydrogen-bond acceptors (Lipinski definition) is 5. The number of rotatable bonds is 6. The highest BCUT2D eigenvalue weighted by atomic mass is 32.2. The quantitative estimate of drug-likeness (QED) is 0.816. The second-order valence-electron chi connectivity index (χ2n) is 4.41. The van der Waals surface area contributed by atoms with Gasteiger partial charge in [-0.2, -0.15) is 5.10 Å². The van der Waals surface area contributed by atoms with Crippen molar-refractivity contribution in [1.29, 1.82) is 0 Å². The Kier molecular flexibility index (Phi) is 4.19. The van der Waals surface area contributed by atoms with E-state index in [4.69, 9.17) is 5.14 Å². The summed E-state index contributed by atoms with van der Waals surface area (Å²) in [6, 6.07) is 0. The Hall–Kier alpha value is -1.74. The highest BCUT2D eigenvalue weighted by molar-refractivity contribution is 7.89. The van der Waals surface area contributed by atoms with Gasteiger partial charge in [0.2, 0.25) is 0 Å². The molecule has 0 bridgehead atoms. The summed E-state index contributed by atoms with van der Waals surface area (Å²) in [6.45, 7) is 5.10. The molecule has 2 aromatic rings. The molecule has 0 spiro atoms. The van der Waals surface area contributed by atoms with Crippen LogP contribution in [0.3, 0.4) is 0 Å². The number of hydrogen-bond donors (Lipinski definition) is 1. The highest BCUT2D eigenvalue weighted by Crippen LogP contribution is 2.12. The number of nitrogens with zero attached hydrogens (tertiary/aromatic N) is 5. The third kappa shape index (κ3) is 3.05. The topological polar surface area (TPSA) is 109 Å². The minimum absolute atomic E-state index is 0.108. The van der Waals surface area contributed by atoms with E-state index >= 15 is 0 Å². The Morgan fingerprint density at radius 1 is 1.30 bits per heavy atom. The lowest BCUT2D eigenvalue weighted by atomic mass is 10.3. The van der Waals surface area contributed by atoms with Crippen molar-refractivity contribution in [2.75, 3.05) is 0 Å². The van der Waals surface area contributed by atoms with Gasteiger partial charge in [0.15, 0.2) is 5.03 Å². The van der Waals surface area contributed by atoms with Crippen LogP contribution in [0.1, 0.15) is 31.9 Å². The van der Waals surface area contributed by atoms with Crippen LogP contribution >= 0.6 is 0 Å². The average molecular weight is 298 g/mol. The van der Waals surface area contributed by atoms with Gasteiger partial charge in [-0.1, -0.05) is 6.92 Å². The molecule has 9 heteroatoms. The largest absolute Gasteiger partial charge is 0.326 e. The minimum Gasteiger partial charge on any atom is -0.326 e. The molecule has 0 saturated heterocycles. The monoisotopic (exact) mass is 298 g/mol. The van der Waals surface area contributed by atoms with Crippen LogP contribution in [0.25, 0.3) is 0 Å². The van der Waals surface area contributed by atoms with Gasteiger partial charge in [-0.15, -0.1) is 0 Å². The van der Waals surface area contributed by atoms with E-state index in [1.807, 2.05) is 13.8 Å². The van der Waals surface area contributed by atoms with Crippen LogP contribution in [0.15, 0.2) is 17.6 Å². The first kappa shape index (κ1) is 14.7. The number of sulfonamides is 1. The van der Waals surface area contributed by atoms with Crippen molar-refractivity contribution in [3.8, 4) is 0 Å². The van der Waals surface area contributed by atoms with E-state index in [9.17, 15) is 8.42 Å². The fourth-order valence-electron chi connectivity index (χ4n) is 1.95. The second kappa shape index (κ2) is 5.71. The molecule has 0 radical (unpaired) electrons. The predicted octanol–water partition coefficient (Wildman–Crippen LogP) is 0.143. The summed E-state index contributed by atoms with van der Waals surface area (Å²) >= 11 is 0. The van der Waals surface area contributed by atoms with E-state index in [-0.39, 0.29) is 5.03 Å². The van der Waals surface area contributed by atoms with E-state index in [1.54, 1.807) is 9.25 Å². The van der Waals surface area contributed by atoms with Gasteiger partial charge in [-0.05, 0) is 13.3 Å². The van der Waals surface area contributed by atoms with Crippen LogP contribution in [0, 0.1) is 0 Å². The molecule has 0 saturated carbocycles. The van der Waals surface area contributed by atoms with E-state index < -0.39 is 10.0 Å². The first-order chi connectivity index (χ1) is 9.45. The van der Waals surface area contributed by atoms with Crippen molar-refractivity contribution in [2.24, 2.45) is 5.14 Å². The van der Waals surface area contributed by atoms with Crippen molar-refractivity contribution >= 4 is 10.0 Å². The molecule has 0 fully saturated rings. The molecule has 20 heavy (non-hydrogen) atoms. The number of primary sulfonamides is 1. The zero-order chi connectivity index (χ0) is 14.8. The van der Waals surface area contributed by atoms with Crippen molar-refractivity contribution in [3.63, 3.8) is 0 Å². The highest BCUT2D eigenvalue weighted by Gasteiger charge is 2.17. The van der Waals surface area contributed by atoms with Gasteiger partial charge in [-0.3, -0.25) is 0 Å². The molecule has 0 aliphatic heterocycles. The van der Waals surface area contributed by atoms with Gasteiger partial charge < -0.3 is 4.57 Å². The molecule has 2 heterocycles. The van der Waals surface area contributed by atoms with Gasteiger partial charge >= 0.3 is 0 Å². The first-order valence-electron chi connectivity index (χ1n) is 6.41. The molecule has 0 aromatic carbocycles. The maximum Gasteiger partial charge on any atom is 0.257 e. The van der Waals surface area contributed by atoms with Gasteiger partial charge in [0.05, 0.1) is 6.54 Å². The number of imidazole rings is 1. The Morgan fingerprint density at radius 2 is 2.05 bits per heavy atom. The molecule has 0 unspecified atom stereocenters. The van der Waals surface area contributed by atoms with Gasteiger partial charge in [0.25, 0.3) is 10.0 Å². The lowest BCUT2D eigenvalue weighted by molar-refractivity contribution is 0.580. The molecule has 0 atom stereocenters. The van der Waals surface area contributed by atoms with E-state index in [1.165, 1.54) is 12.5 Å². The normalized spacial score (nSPS) is 11.9. The predicted molar refractivity (Wildman–Crippen MR) is 72.4 cm³/mol. The summed E-state index contributed by atoms with van der Waals surface area (Å²) in [7, 11) is -3.79. The van der Waals surface area contributed by atoms with Crippen LogP contribution in [-0.2, 0) is 29.5 Å². The van der Waals surface area contributed by atoms with Crippen LogP contribution in [0.2, 0.25) is 0 Å². The Bertz CT molecular complexity index is 688. The summed E-state index contributed by atoms with van der Waals surface area (Å²) in [5, 5.41) is 9.11. The zero-order valence-corrected chi connectivity index (χ0v) is 12.3. The summed E-state index contributed by atoms with van der Waals surface area (Å²) in [6.07, 6.45) is 4.47. The molecule has 0 amide bonds. The van der Waals surface area contributed by atoms with Crippen LogP contribution < -0.4 is 5.14 Å².